The minimum Gasteiger partial charge on any atom is -0.366 e. The molecule has 2 heterocycles. The van der Waals surface area contributed by atoms with Crippen molar-refractivity contribution in [1.29, 1.82) is 0 Å². The van der Waals surface area contributed by atoms with Crippen LogP contribution in [0.1, 0.15) is 56.7 Å². The molecular weight excluding hydrogens is 426 g/mol. The van der Waals surface area contributed by atoms with Crippen LogP contribution in [0.15, 0.2) is 46.3 Å². The number of carbonyl (C=O) groups excluding carboxylic acids is 1. The van der Waals surface area contributed by atoms with Gasteiger partial charge in [0.05, 0.1) is 10.6 Å². The number of thioether (sulfide) groups is 1. The minimum atomic E-state index is -0.112. The third-order valence-corrected chi connectivity index (χ3v) is 7.25. The molecule has 0 bridgehead atoms. The van der Waals surface area contributed by atoms with Crippen molar-refractivity contribution in [2.24, 2.45) is 4.99 Å². The molecule has 31 heavy (non-hydrogen) atoms. The van der Waals surface area contributed by atoms with Crippen LogP contribution in [0.3, 0.4) is 0 Å². The van der Waals surface area contributed by atoms with Gasteiger partial charge in [-0.3, -0.25) is 4.79 Å². The zero-order valence-electron chi connectivity index (χ0n) is 18.6. The molecule has 6 heteroatoms. The summed E-state index contributed by atoms with van der Waals surface area (Å²) in [7, 11) is 0. The molecule has 0 aliphatic carbocycles. The van der Waals surface area contributed by atoms with Crippen LogP contribution in [-0.4, -0.2) is 23.2 Å². The second kappa shape index (κ2) is 8.36. The van der Waals surface area contributed by atoms with Gasteiger partial charge in [0.15, 0.2) is 5.17 Å². The van der Waals surface area contributed by atoms with E-state index in [0.717, 1.165) is 24.2 Å². The van der Waals surface area contributed by atoms with Crippen molar-refractivity contribution in [1.82, 2.24) is 5.32 Å². The fraction of sp³-hybridized carbons (Fsp3) is 0.360. The van der Waals surface area contributed by atoms with Gasteiger partial charge < -0.3 is 10.2 Å². The minimum absolute atomic E-state index is 0.112. The third-order valence-electron chi connectivity index (χ3n) is 6.08. The number of carbonyl (C=O) groups is 1. The van der Waals surface area contributed by atoms with E-state index in [1.54, 1.807) is 12.1 Å². The van der Waals surface area contributed by atoms with Gasteiger partial charge in [0.25, 0.3) is 5.91 Å². The Morgan fingerprint density at radius 1 is 1.29 bits per heavy atom. The summed E-state index contributed by atoms with van der Waals surface area (Å²) in [5.41, 5.74) is 5.84. The highest BCUT2D eigenvalue weighted by molar-refractivity contribution is 8.18. The Hall–Kier alpha value is -2.24. The molecular formula is C25H28ClN3OS. The second-order valence-corrected chi connectivity index (χ2v) is 10.4. The summed E-state index contributed by atoms with van der Waals surface area (Å²) >= 11 is 7.31. The van der Waals surface area contributed by atoms with E-state index in [1.165, 1.54) is 28.6 Å². The highest BCUT2D eigenvalue weighted by Gasteiger charge is 2.35. The fourth-order valence-electron chi connectivity index (χ4n) is 4.66. The molecule has 2 aliphatic rings. The van der Waals surface area contributed by atoms with Gasteiger partial charge in [-0.25, -0.2) is 4.99 Å². The van der Waals surface area contributed by atoms with Crippen molar-refractivity contribution < 1.29 is 4.79 Å². The van der Waals surface area contributed by atoms with E-state index in [2.05, 4.69) is 62.0 Å². The van der Waals surface area contributed by atoms with Crippen molar-refractivity contribution in [3.8, 4) is 0 Å². The van der Waals surface area contributed by atoms with Crippen LogP contribution in [0.4, 0.5) is 11.4 Å². The summed E-state index contributed by atoms with van der Waals surface area (Å²) in [6.45, 7) is 12.3. The molecule has 0 aromatic heterocycles. The Kier molecular flexibility index (Phi) is 5.93. The number of rotatable bonds is 3. The molecule has 0 saturated carbocycles. The smallest absolute Gasteiger partial charge is 0.264 e. The van der Waals surface area contributed by atoms with Gasteiger partial charge in [0, 0.05) is 22.8 Å². The Labute approximate surface area is 193 Å². The first-order valence-electron chi connectivity index (χ1n) is 10.7. The maximum absolute atomic E-state index is 12.6. The van der Waals surface area contributed by atoms with Crippen LogP contribution in [-0.2, 0) is 4.79 Å². The van der Waals surface area contributed by atoms with E-state index < -0.39 is 0 Å². The topological polar surface area (TPSA) is 44.7 Å². The molecule has 1 atom stereocenters. The standard InChI is InChI=1S/C25H28ClN3OS/c1-6-29-21-11-15(2)17(12-20(21)16(3)14-25(29,4)5)13-22-23(30)28-24(31-22)27-19-9-7-18(26)8-10-19/h7-13,16H,6,14H2,1-5H3,(H,27,28,30)/b22-13-/t16-/m0/s1. The monoisotopic (exact) mass is 453 g/mol. The number of amides is 1. The number of halogens is 1. The number of benzene rings is 2. The van der Waals surface area contributed by atoms with Crippen LogP contribution in [0, 0.1) is 6.92 Å². The lowest BCUT2D eigenvalue weighted by atomic mass is 9.79. The Balaban J connectivity index is 1.66. The van der Waals surface area contributed by atoms with E-state index in [9.17, 15) is 4.79 Å². The van der Waals surface area contributed by atoms with E-state index in [4.69, 9.17) is 11.6 Å². The van der Waals surface area contributed by atoms with Gasteiger partial charge in [-0.2, -0.15) is 0 Å². The van der Waals surface area contributed by atoms with Crippen LogP contribution < -0.4 is 10.2 Å². The number of anilines is 1. The quantitative estimate of drug-likeness (QED) is 0.529. The second-order valence-electron chi connectivity index (χ2n) is 8.89. The fourth-order valence-corrected chi connectivity index (χ4v) is 5.62. The molecule has 1 fully saturated rings. The summed E-state index contributed by atoms with van der Waals surface area (Å²) in [4.78, 5) is 20.3. The van der Waals surface area contributed by atoms with Gasteiger partial charge >= 0.3 is 0 Å². The molecule has 1 amide bonds. The molecule has 1 saturated heterocycles. The Bertz CT molecular complexity index is 1090. The molecule has 0 unspecified atom stereocenters. The molecule has 1 N–H and O–H groups in total. The lowest BCUT2D eigenvalue weighted by Gasteiger charge is -2.47. The first-order valence-corrected chi connectivity index (χ1v) is 11.8. The molecule has 4 rings (SSSR count). The van der Waals surface area contributed by atoms with Crippen LogP contribution in [0.5, 0.6) is 0 Å². The number of hydrogen-bond acceptors (Lipinski definition) is 4. The number of hydrogen-bond donors (Lipinski definition) is 1. The van der Waals surface area contributed by atoms with Gasteiger partial charge in [0.1, 0.15) is 0 Å². The van der Waals surface area contributed by atoms with Crippen molar-refractivity contribution in [2.45, 2.75) is 52.5 Å². The maximum atomic E-state index is 12.6. The predicted molar refractivity (Wildman–Crippen MR) is 134 cm³/mol. The zero-order chi connectivity index (χ0) is 22.3. The molecule has 2 aromatic rings. The van der Waals surface area contributed by atoms with Crippen molar-refractivity contribution in [3.63, 3.8) is 0 Å². The summed E-state index contributed by atoms with van der Waals surface area (Å²) in [6.07, 6.45) is 3.10. The summed E-state index contributed by atoms with van der Waals surface area (Å²) in [5.74, 6) is 0.358. The van der Waals surface area contributed by atoms with Gasteiger partial charge in [0.2, 0.25) is 0 Å². The molecule has 4 nitrogen and oxygen atoms in total. The van der Waals surface area contributed by atoms with Gasteiger partial charge in [-0.1, -0.05) is 18.5 Å². The van der Waals surface area contributed by atoms with E-state index in [-0.39, 0.29) is 11.4 Å². The first-order chi connectivity index (χ1) is 14.7. The summed E-state index contributed by atoms with van der Waals surface area (Å²) in [6, 6.07) is 11.8. The average Bonchev–Trinajstić information content (AvgIpc) is 3.03. The molecule has 162 valence electrons. The molecule has 2 aliphatic heterocycles. The van der Waals surface area contributed by atoms with Crippen molar-refractivity contribution in [3.05, 3.63) is 63.0 Å². The third kappa shape index (κ3) is 4.39. The normalized spacial score (nSPS) is 22.7. The zero-order valence-corrected chi connectivity index (χ0v) is 20.2. The number of aliphatic imine (C=N–C) groups is 1. The molecule has 2 aromatic carbocycles. The largest absolute Gasteiger partial charge is 0.366 e. The number of aryl methyl sites for hydroxylation is 1. The van der Waals surface area contributed by atoms with E-state index in [0.29, 0.717) is 21.0 Å². The van der Waals surface area contributed by atoms with E-state index in [1.807, 2.05) is 18.2 Å². The van der Waals surface area contributed by atoms with Crippen LogP contribution in [0.2, 0.25) is 5.02 Å². The van der Waals surface area contributed by atoms with Crippen LogP contribution >= 0.6 is 23.4 Å². The lowest BCUT2D eigenvalue weighted by molar-refractivity contribution is -0.115. The number of nitrogens with one attached hydrogen (secondary N) is 1. The highest BCUT2D eigenvalue weighted by atomic mass is 35.5. The Morgan fingerprint density at radius 3 is 2.68 bits per heavy atom. The average molecular weight is 454 g/mol. The van der Waals surface area contributed by atoms with Gasteiger partial charge in [-0.05, 0) is 111 Å². The number of amidine groups is 1. The number of nitrogens with zero attached hydrogens (tertiary/aromatic N) is 2. The van der Waals surface area contributed by atoms with Crippen molar-refractivity contribution in [2.75, 3.05) is 11.4 Å². The van der Waals surface area contributed by atoms with E-state index >= 15 is 0 Å². The first kappa shape index (κ1) is 22.0. The summed E-state index contributed by atoms with van der Waals surface area (Å²) in [5, 5.41) is 4.12. The number of fused-ring (bicyclic) bond motifs is 1. The van der Waals surface area contributed by atoms with Crippen molar-refractivity contribution >= 4 is 51.9 Å². The summed E-state index contributed by atoms with van der Waals surface area (Å²) < 4.78 is 0. The van der Waals surface area contributed by atoms with Gasteiger partial charge in [-0.15, -0.1) is 0 Å². The Morgan fingerprint density at radius 2 is 2.00 bits per heavy atom. The SMILES string of the molecule is CCN1c2cc(C)c(/C=C3\SC(=Nc4ccc(Cl)cc4)NC3=O)cc2[C@@H](C)CC1(C)C. The van der Waals surface area contributed by atoms with Crippen LogP contribution in [0.25, 0.3) is 6.08 Å². The lowest BCUT2D eigenvalue weighted by Crippen LogP contribution is -2.48. The predicted octanol–water partition coefficient (Wildman–Crippen LogP) is 6.65. The molecule has 0 radical (unpaired) electrons. The maximum Gasteiger partial charge on any atom is 0.264 e. The highest BCUT2D eigenvalue weighted by Crippen LogP contribution is 2.44. The molecule has 0 spiro atoms.